The molecule has 1 aromatic carbocycles. The van der Waals surface area contributed by atoms with Crippen molar-refractivity contribution in [3.63, 3.8) is 0 Å². The van der Waals surface area contributed by atoms with Crippen LogP contribution in [0.25, 0.3) is 0 Å². The summed E-state index contributed by atoms with van der Waals surface area (Å²) in [5.74, 6) is 0.547. The van der Waals surface area contributed by atoms with Crippen LogP contribution < -0.4 is 14.8 Å². The van der Waals surface area contributed by atoms with E-state index in [0.717, 1.165) is 11.3 Å². The molecule has 0 saturated heterocycles. The SMILES string of the molecule is CCOc1ccc(C(=O)N=C2C=CC3C(=C2)NC(=O)C=C3C(C)(C)C)cc1OCC. The maximum Gasteiger partial charge on any atom is 0.277 e. The monoisotopic (exact) mass is 408 g/mol. The Balaban J connectivity index is 1.87. The first-order chi connectivity index (χ1) is 14.2. The highest BCUT2D eigenvalue weighted by molar-refractivity contribution is 6.14. The van der Waals surface area contributed by atoms with Crippen molar-refractivity contribution in [1.82, 2.24) is 5.32 Å². The lowest BCUT2D eigenvalue weighted by Gasteiger charge is -2.34. The molecular weight excluding hydrogens is 380 g/mol. The first-order valence-corrected chi connectivity index (χ1v) is 10.2. The predicted molar refractivity (Wildman–Crippen MR) is 117 cm³/mol. The molecular formula is C24H28N2O4. The number of ether oxygens (including phenoxy) is 2. The Labute approximate surface area is 177 Å². The lowest BCUT2D eigenvalue weighted by Crippen LogP contribution is -2.36. The summed E-state index contributed by atoms with van der Waals surface area (Å²) in [5, 5.41) is 2.88. The molecule has 1 aromatic rings. The van der Waals surface area contributed by atoms with E-state index < -0.39 is 0 Å². The largest absolute Gasteiger partial charge is 0.490 e. The number of allylic oxidation sites excluding steroid dienone is 3. The second kappa shape index (κ2) is 8.69. The van der Waals surface area contributed by atoms with Crippen molar-refractivity contribution in [2.24, 2.45) is 16.3 Å². The number of aliphatic imine (C=N–C) groups is 1. The van der Waals surface area contributed by atoms with Gasteiger partial charge in [-0.05, 0) is 55.2 Å². The van der Waals surface area contributed by atoms with Gasteiger partial charge in [0.25, 0.3) is 5.91 Å². The van der Waals surface area contributed by atoms with E-state index in [0.29, 0.717) is 36.0 Å². The van der Waals surface area contributed by atoms with Crippen LogP contribution in [0.1, 0.15) is 45.0 Å². The third-order valence-corrected chi connectivity index (χ3v) is 4.87. The van der Waals surface area contributed by atoms with Gasteiger partial charge in [-0.2, -0.15) is 0 Å². The minimum absolute atomic E-state index is 0.0215. The zero-order chi connectivity index (χ0) is 21.9. The molecule has 1 unspecified atom stereocenters. The number of carbonyl (C=O) groups excluding carboxylic acids is 2. The molecule has 2 amide bonds. The number of hydrogen-bond donors (Lipinski definition) is 1. The lowest BCUT2D eigenvalue weighted by atomic mass is 9.74. The fourth-order valence-corrected chi connectivity index (χ4v) is 3.51. The van der Waals surface area contributed by atoms with Gasteiger partial charge in [-0.3, -0.25) is 9.59 Å². The molecule has 1 heterocycles. The summed E-state index contributed by atoms with van der Waals surface area (Å²) in [6.45, 7) is 11.0. The normalized spacial score (nSPS) is 19.6. The number of benzene rings is 1. The van der Waals surface area contributed by atoms with Crippen LogP contribution in [-0.4, -0.2) is 30.7 Å². The van der Waals surface area contributed by atoms with E-state index in [1.807, 2.05) is 26.0 Å². The molecule has 1 N–H and O–H groups in total. The van der Waals surface area contributed by atoms with E-state index in [1.165, 1.54) is 0 Å². The second-order valence-electron chi connectivity index (χ2n) is 8.14. The summed E-state index contributed by atoms with van der Waals surface area (Å²) in [5.41, 5.74) is 2.53. The second-order valence-corrected chi connectivity index (χ2v) is 8.14. The van der Waals surface area contributed by atoms with Gasteiger partial charge in [0.2, 0.25) is 5.91 Å². The predicted octanol–water partition coefficient (Wildman–Crippen LogP) is 4.24. The van der Waals surface area contributed by atoms with E-state index in [1.54, 1.807) is 30.4 Å². The zero-order valence-corrected chi connectivity index (χ0v) is 18.1. The molecule has 30 heavy (non-hydrogen) atoms. The topological polar surface area (TPSA) is 77.0 Å². The Kier molecular flexibility index (Phi) is 6.25. The van der Waals surface area contributed by atoms with Crippen LogP contribution in [0.3, 0.4) is 0 Å². The molecule has 1 atom stereocenters. The number of fused-ring (bicyclic) bond motifs is 1. The highest BCUT2D eigenvalue weighted by Gasteiger charge is 2.32. The molecule has 1 aliphatic heterocycles. The molecule has 1 aliphatic carbocycles. The van der Waals surface area contributed by atoms with Crippen molar-refractivity contribution in [3.05, 3.63) is 59.3 Å². The van der Waals surface area contributed by atoms with Crippen LogP contribution in [0, 0.1) is 11.3 Å². The zero-order valence-electron chi connectivity index (χ0n) is 18.1. The molecule has 0 aromatic heterocycles. The van der Waals surface area contributed by atoms with Crippen molar-refractivity contribution in [1.29, 1.82) is 0 Å². The number of carbonyl (C=O) groups is 2. The van der Waals surface area contributed by atoms with Crippen LogP contribution in [-0.2, 0) is 4.79 Å². The molecule has 6 nitrogen and oxygen atoms in total. The maximum absolute atomic E-state index is 12.7. The van der Waals surface area contributed by atoms with Gasteiger partial charge < -0.3 is 14.8 Å². The Morgan fingerprint density at radius 3 is 2.47 bits per heavy atom. The summed E-state index contributed by atoms with van der Waals surface area (Å²) in [6.07, 6.45) is 7.22. The van der Waals surface area contributed by atoms with Gasteiger partial charge in [-0.15, -0.1) is 0 Å². The minimum atomic E-state index is -0.386. The van der Waals surface area contributed by atoms with Gasteiger partial charge in [-0.25, -0.2) is 4.99 Å². The van der Waals surface area contributed by atoms with E-state index in [9.17, 15) is 9.59 Å². The Morgan fingerprint density at radius 1 is 1.10 bits per heavy atom. The number of nitrogens with one attached hydrogen (secondary N) is 1. The van der Waals surface area contributed by atoms with Crippen molar-refractivity contribution in [3.8, 4) is 11.5 Å². The number of hydrogen-bond acceptors (Lipinski definition) is 4. The number of rotatable bonds is 5. The lowest BCUT2D eigenvalue weighted by molar-refractivity contribution is -0.116. The molecule has 0 spiro atoms. The van der Waals surface area contributed by atoms with Gasteiger partial charge in [0, 0.05) is 23.3 Å². The van der Waals surface area contributed by atoms with Gasteiger partial charge in [0.1, 0.15) is 0 Å². The number of nitrogens with zero attached hydrogens (tertiary/aromatic N) is 1. The molecule has 3 rings (SSSR count). The molecule has 0 radical (unpaired) electrons. The summed E-state index contributed by atoms with van der Waals surface area (Å²) in [6, 6.07) is 5.03. The van der Waals surface area contributed by atoms with Gasteiger partial charge >= 0.3 is 0 Å². The molecule has 0 bridgehead atoms. The first-order valence-electron chi connectivity index (χ1n) is 10.2. The van der Waals surface area contributed by atoms with Crippen molar-refractivity contribution >= 4 is 17.5 Å². The van der Waals surface area contributed by atoms with Gasteiger partial charge in [0.15, 0.2) is 11.5 Å². The van der Waals surface area contributed by atoms with E-state index >= 15 is 0 Å². The summed E-state index contributed by atoms with van der Waals surface area (Å²) >= 11 is 0. The highest BCUT2D eigenvalue weighted by Crippen LogP contribution is 2.38. The van der Waals surface area contributed by atoms with E-state index in [4.69, 9.17) is 9.47 Å². The van der Waals surface area contributed by atoms with Crippen LogP contribution in [0.2, 0.25) is 0 Å². The summed E-state index contributed by atoms with van der Waals surface area (Å²) in [7, 11) is 0. The molecule has 6 heteroatoms. The van der Waals surface area contributed by atoms with Crippen molar-refractivity contribution in [2.75, 3.05) is 13.2 Å². The average Bonchev–Trinajstić information content (AvgIpc) is 2.68. The standard InChI is InChI=1S/C24H28N2O4/c1-6-29-20-11-8-15(12-21(20)30-7-2)23(28)25-16-9-10-17-18(24(3,4)5)14-22(27)26-19(17)13-16/h8-14,17H,6-7H2,1-5H3,(H,26,27). The molecule has 2 aliphatic rings. The summed E-state index contributed by atoms with van der Waals surface area (Å²) in [4.78, 5) is 29.1. The highest BCUT2D eigenvalue weighted by atomic mass is 16.5. The average molecular weight is 408 g/mol. The minimum Gasteiger partial charge on any atom is -0.490 e. The van der Waals surface area contributed by atoms with Crippen LogP contribution >= 0.6 is 0 Å². The van der Waals surface area contributed by atoms with Crippen LogP contribution in [0.4, 0.5) is 0 Å². The van der Waals surface area contributed by atoms with Crippen molar-refractivity contribution in [2.45, 2.75) is 34.6 Å². The summed E-state index contributed by atoms with van der Waals surface area (Å²) < 4.78 is 11.1. The molecule has 158 valence electrons. The Hall–Kier alpha value is -3.15. The Morgan fingerprint density at radius 2 is 1.80 bits per heavy atom. The molecule has 0 fully saturated rings. The fraction of sp³-hybridized carbons (Fsp3) is 0.375. The van der Waals surface area contributed by atoms with Gasteiger partial charge in [0.05, 0.1) is 18.9 Å². The Bertz CT molecular complexity index is 977. The van der Waals surface area contributed by atoms with E-state index in [-0.39, 0.29) is 23.1 Å². The fourth-order valence-electron chi connectivity index (χ4n) is 3.51. The van der Waals surface area contributed by atoms with Crippen molar-refractivity contribution < 1.29 is 19.1 Å². The van der Waals surface area contributed by atoms with Crippen LogP contribution in [0.15, 0.2) is 58.8 Å². The van der Waals surface area contributed by atoms with Crippen LogP contribution in [0.5, 0.6) is 11.5 Å². The first kappa shape index (κ1) is 21.6. The third kappa shape index (κ3) is 4.70. The van der Waals surface area contributed by atoms with E-state index in [2.05, 4.69) is 31.1 Å². The smallest absolute Gasteiger partial charge is 0.277 e. The quantitative estimate of drug-likeness (QED) is 0.791. The molecule has 0 saturated carbocycles. The third-order valence-electron chi connectivity index (χ3n) is 4.87. The van der Waals surface area contributed by atoms with Gasteiger partial charge in [-0.1, -0.05) is 26.8 Å². The number of amides is 2. The maximum atomic E-state index is 12.7.